The van der Waals surface area contributed by atoms with Crippen molar-refractivity contribution < 1.29 is 39.9 Å². The van der Waals surface area contributed by atoms with Crippen molar-refractivity contribution in [2.24, 2.45) is 14.1 Å². The molecule has 16 heteroatoms. The van der Waals surface area contributed by atoms with Crippen molar-refractivity contribution >= 4 is 17.5 Å². The molecule has 0 aliphatic rings. The summed E-state index contributed by atoms with van der Waals surface area (Å²) in [5.41, 5.74) is -5.12. The molecule has 2 aromatic heterocycles. The molecule has 2 heterocycles. The minimum absolute atomic E-state index is 0.0109. The Labute approximate surface area is 225 Å². The van der Waals surface area contributed by atoms with Gasteiger partial charge in [0.15, 0.2) is 11.5 Å². The molecule has 40 heavy (non-hydrogen) atoms. The van der Waals surface area contributed by atoms with Gasteiger partial charge in [-0.15, -0.1) is 5.10 Å². The molecule has 0 saturated carbocycles. The molecule has 0 unspecified atom stereocenters. The van der Waals surface area contributed by atoms with Crippen LogP contribution in [0.4, 0.5) is 35.1 Å². The van der Waals surface area contributed by atoms with E-state index in [-0.39, 0.29) is 33.2 Å². The summed E-state index contributed by atoms with van der Waals surface area (Å²) in [7, 11) is 2.01. The normalized spacial score (nSPS) is 12.6. The van der Waals surface area contributed by atoms with Gasteiger partial charge in [0.2, 0.25) is 5.82 Å². The van der Waals surface area contributed by atoms with Crippen LogP contribution in [-0.2, 0) is 32.7 Å². The van der Waals surface area contributed by atoms with Crippen molar-refractivity contribution in [1.29, 1.82) is 0 Å². The number of nitrogens with one attached hydrogen (secondary N) is 1. The smallest absolute Gasteiger partial charge is 0.348 e. The van der Waals surface area contributed by atoms with Gasteiger partial charge in [-0.25, -0.2) is 9.67 Å². The minimum Gasteiger partial charge on any atom is -0.348 e. The van der Waals surface area contributed by atoms with Crippen molar-refractivity contribution in [3.63, 3.8) is 0 Å². The average Bonchev–Trinajstić information content (AvgIpc) is 3.42. The maximum atomic E-state index is 14.0. The highest BCUT2D eigenvalue weighted by molar-refractivity contribution is 6.34. The highest BCUT2D eigenvalue weighted by Crippen LogP contribution is 2.50. The van der Waals surface area contributed by atoms with Gasteiger partial charge in [0.05, 0.1) is 10.6 Å². The molecular weight excluding hydrogens is 576 g/mol. The molecule has 1 N–H and O–H groups in total. The van der Waals surface area contributed by atoms with Crippen LogP contribution < -0.4 is 5.32 Å². The Morgan fingerprint density at radius 3 is 2.17 bits per heavy atom. The summed E-state index contributed by atoms with van der Waals surface area (Å²) in [4.78, 5) is 16.7. The van der Waals surface area contributed by atoms with Crippen molar-refractivity contribution in [1.82, 2.24) is 29.9 Å². The fourth-order valence-electron chi connectivity index (χ4n) is 3.85. The zero-order valence-electron chi connectivity index (χ0n) is 20.4. The maximum Gasteiger partial charge on any atom is 0.459 e. The highest BCUT2D eigenvalue weighted by Gasteiger charge is 2.64. The first-order chi connectivity index (χ1) is 18.5. The zero-order valence-corrected chi connectivity index (χ0v) is 21.1. The van der Waals surface area contributed by atoms with E-state index in [1.54, 1.807) is 30.3 Å². The molecular formula is C24H17ClF8N6O. The van der Waals surface area contributed by atoms with Gasteiger partial charge in [-0.1, -0.05) is 41.9 Å². The first-order valence-electron chi connectivity index (χ1n) is 11.1. The summed E-state index contributed by atoms with van der Waals surface area (Å²) in [6, 6.07) is 12.9. The number of hydrogen-bond donors (Lipinski definition) is 1. The number of amides is 1. The molecule has 4 rings (SSSR count). The standard InChI is InChI=1S/C24H17ClF8N6O/c1-38-17(16(23(28,29)30)18(36-38)22(26,27)24(31,32)33)19-35-20(39(2)37-19)13-8-9-15(25)14(10-13)21(40)34-11-12-6-4-3-5-7-12/h3-10H,11H2,1-2H3,(H,34,40). The number of rotatable bonds is 6. The van der Waals surface area contributed by atoms with Crippen molar-refractivity contribution in [3.8, 4) is 22.9 Å². The molecule has 7 nitrogen and oxygen atoms in total. The Hall–Kier alpha value is -4.01. The van der Waals surface area contributed by atoms with Crippen LogP contribution in [0.1, 0.15) is 27.2 Å². The van der Waals surface area contributed by atoms with E-state index in [4.69, 9.17) is 11.6 Å². The molecule has 0 saturated heterocycles. The second-order valence-corrected chi connectivity index (χ2v) is 8.92. The first kappa shape index (κ1) is 29.0. The van der Waals surface area contributed by atoms with Crippen LogP contribution >= 0.6 is 11.6 Å². The minimum atomic E-state index is -6.35. The molecule has 0 aliphatic heterocycles. The number of benzene rings is 2. The number of nitrogens with zero attached hydrogens (tertiary/aromatic N) is 5. The summed E-state index contributed by atoms with van der Waals surface area (Å²) >= 11 is 6.17. The van der Waals surface area contributed by atoms with Crippen LogP contribution in [-0.4, -0.2) is 36.6 Å². The van der Waals surface area contributed by atoms with Gasteiger partial charge >= 0.3 is 18.3 Å². The van der Waals surface area contributed by atoms with E-state index in [0.717, 1.165) is 17.3 Å². The van der Waals surface area contributed by atoms with Gasteiger partial charge in [-0.3, -0.25) is 9.48 Å². The number of alkyl halides is 8. The van der Waals surface area contributed by atoms with E-state index >= 15 is 0 Å². The van der Waals surface area contributed by atoms with Gasteiger partial charge in [0.25, 0.3) is 5.91 Å². The first-order valence-corrected chi connectivity index (χ1v) is 11.5. The van der Waals surface area contributed by atoms with Crippen LogP contribution in [0, 0.1) is 0 Å². The zero-order chi connectivity index (χ0) is 29.6. The van der Waals surface area contributed by atoms with Gasteiger partial charge in [-0.2, -0.15) is 40.2 Å². The summed E-state index contributed by atoms with van der Waals surface area (Å²) in [5.74, 6) is -7.46. The van der Waals surface area contributed by atoms with Crippen LogP contribution in [0.5, 0.6) is 0 Å². The van der Waals surface area contributed by atoms with E-state index in [0.29, 0.717) is 0 Å². The summed E-state index contributed by atoms with van der Waals surface area (Å²) < 4.78 is 110. The largest absolute Gasteiger partial charge is 0.459 e. The van der Waals surface area contributed by atoms with Gasteiger partial charge in [0.1, 0.15) is 11.3 Å². The molecule has 0 atom stereocenters. The lowest BCUT2D eigenvalue weighted by atomic mass is 10.1. The second kappa shape index (κ2) is 10.2. The number of carbonyl (C=O) groups is 1. The summed E-state index contributed by atoms with van der Waals surface area (Å²) in [6.07, 6.45) is -12.0. The number of aromatic nitrogens is 5. The lowest BCUT2D eigenvalue weighted by Crippen LogP contribution is -2.36. The third-order valence-corrected chi connectivity index (χ3v) is 6.05. The van der Waals surface area contributed by atoms with Crippen LogP contribution in [0.15, 0.2) is 48.5 Å². The Morgan fingerprint density at radius 1 is 0.925 bits per heavy atom. The van der Waals surface area contributed by atoms with Crippen LogP contribution in [0.3, 0.4) is 0 Å². The Bertz CT molecular complexity index is 1560. The van der Waals surface area contributed by atoms with Crippen molar-refractivity contribution in [2.45, 2.75) is 24.8 Å². The fraction of sp³-hybridized carbons (Fsp3) is 0.250. The second-order valence-electron chi connectivity index (χ2n) is 8.51. The Kier molecular flexibility index (Phi) is 7.38. The Morgan fingerprint density at radius 2 is 1.57 bits per heavy atom. The lowest BCUT2D eigenvalue weighted by molar-refractivity contribution is -0.292. The number of carbonyl (C=O) groups excluding carboxylic acids is 1. The Balaban J connectivity index is 1.76. The molecule has 2 aromatic carbocycles. The van der Waals surface area contributed by atoms with Crippen molar-refractivity contribution in [3.05, 3.63) is 75.9 Å². The lowest BCUT2D eigenvalue weighted by Gasteiger charge is -2.19. The van der Waals surface area contributed by atoms with E-state index in [2.05, 4.69) is 20.5 Å². The summed E-state index contributed by atoms with van der Waals surface area (Å²) in [6.45, 7) is 0.167. The third kappa shape index (κ3) is 5.37. The van der Waals surface area contributed by atoms with E-state index in [1.807, 2.05) is 0 Å². The average molecular weight is 593 g/mol. The fourth-order valence-corrected chi connectivity index (χ4v) is 4.05. The topological polar surface area (TPSA) is 77.6 Å². The van der Waals surface area contributed by atoms with Gasteiger partial charge in [0, 0.05) is 26.2 Å². The highest BCUT2D eigenvalue weighted by atomic mass is 35.5. The molecule has 0 fully saturated rings. The number of halogens is 9. The number of hydrogen-bond acceptors (Lipinski definition) is 4. The van der Waals surface area contributed by atoms with Gasteiger partial charge in [-0.05, 0) is 23.8 Å². The molecule has 0 radical (unpaired) electrons. The molecule has 1 amide bonds. The predicted molar refractivity (Wildman–Crippen MR) is 126 cm³/mol. The molecule has 4 aromatic rings. The molecule has 212 valence electrons. The molecule has 0 aliphatic carbocycles. The maximum absolute atomic E-state index is 14.0. The van der Waals surface area contributed by atoms with E-state index < -0.39 is 47.0 Å². The van der Waals surface area contributed by atoms with Crippen LogP contribution in [0.2, 0.25) is 5.02 Å². The summed E-state index contributed by atoms with van der Waals surface area (Å²) in [5, 5.41) is 9.39. The quantitative estimate of drug-likeness (QED) is 0.273. The van der Waals surface area contributed by atoms with E-state index in [9.17, 15) is 39.9 Å². The monoisotopic (exact) mass is 592 g/mol. The molecule has 0 bridgehead atoms. The third-order valence-electron chi connectivity index (χ3n) is 5.72. The van der Waals surface area contributed by atoms with Crippen molar-refractivity contribution in [2.75, 3.05) is 0 Å². The van der Waals surface area contributed by atoms with Gasteiger partial charge < -0.3 is 5.32 Å². The number of aryl methyl sites for hydroxylation is 2. The SMILES string of the molecule is Cn1nc(-c2c(C(F)(F)F)c(C(F)(F)C(F)(F)F)nn2C)nc1-c1ccc(Cl)c(C(=O)NCc2ccccc2)c1. The molecule has 0 spiro atoms. The van der Waals surface area contributed by atoms with Crippen LogP contribution in [0.25, 0.3) is 22.9 Å². The van der Waals surface area contributed by atoms with E-state index in [1.165, 1.54) is 25.2 Å². The predicted octanol–water partition coefficient (Wildman–Crippen LogP) is 6.14.